The number of anilines is 3. The van der Waals surface area contributed by atoms with Gasteiger partial charge in [-0.05, 0) is 43.0 Å². The number of imidazole rings is 1. The van der Waals surface area contributed by atoms with E-state index < -0.39 is 0 Å². The maximum absolute atomic E-state index is 9.32. The fourth-order valence-corrected chi connectivity index (χ4v) is 3.06. The van der Waals surface area contributed by atoms with E-state index in [-0.39, 0.29) is 5.95 Å². The van der Waals surface area contributed by atoms with E-state index in [9.17, 15) is 10.5 Å². The summed E-state index contributed by atoms with van der Waals surface area (Å²) in [4.78, 5) is 8.75. The third kappa shape index (κ3) is 3.22. The number of nitriles is 2. The molecule has 0 amide bonds. The number of nitrogens with one attached hydrogen (secondary N) is 2. The van der Waals surface area contributed by atoms with Gasteiger partial charge in [0.2, 0.25) is 5.95 Å². The molecule has 0 atom stereocenters. The van der Waals surface area contributed by atoms with Gasteiger partial charge in [0.15, 0.2) is 17.2 Å². The molecule has 8 nitrogen and oxygen atoms in total. The topological polar surface area (TPSA) is 115 Å². The first kappa shape index (κ1) is 17.8. The van der Waals surface area contributed by atoms with E-state index in [1.54, 1.807) is 12.1 Å². The van der Waals surface area contributed by atoms with Crippen molar-refractivity contribution in [2.24, 2.45) is 0 Å². The van der Waals surface area contributed by atoms with Gasteiger partial charge >= 0.3 is 0 Å². The van der Waals surface area contributed by atoms with E-state index in [4.69, 9.17) is 11.6 Å². The summed E-state index contributed by atoms with van der Waals surface area (Å²) < 4.78 is 1.43. The SMILES string of the molecule is C=C(C)c1cc(C#N)cc(Nc2nc(NC3CC3)c3ncc(C#N)n3n2)c1Cl. The Morgan fingerprint density at radius 2 is 2.11 bits per heavy atom. The molecule has 4 rings (SSSR count). The molecule has 138 valence electrons. The van der Waals surface area contributed by atoms with Crippen molar-refractivity contribution in [3.05, 3.63) is 46.8 Å². The molecule has 1 aromatic carbocycles. The Bertz CT molecular complexity index is 1190. The number of hydrogen-bond donors (Lipinski definition) is 2. The van der Waals surface area contributed by atoms with Gasteiger partial charge in [-0.1, -0.05) is 18.2 Å². The van der Waals surface area contributed by atoms with Gasteiger partial charge in [0.25, 0.3) is 0 Å². The van der Waals surface area contributed by atoms with Crippen LogP contribution in [0, 0.1) is 22.7 Å². The number of nitrogens with zero attached hydrogens (tertiary/aromatic N) is 6. The minimum absolute atomic E-state index is 0.231. The Labute approximate surface area is 166 Å². The second kappa shape index (κ2) is 6.84. The molecule has 0 radical (unpaired) electrons. The van der Waals surface area contributed by atoms with Crippen molar-refractivity contribution in [3.8, 4) is 12.1 Å². The molecule has 3 aromatic rings. The third-order valence-corrected chi connectivity index (χ3v) is 4.71. The molecule has 1 aliphatic carbocycles. The summed E-state index contributed by atoms with van der Waals surface area (Å²) in [5.74, 6) is 0.768. The average molecular weight is 391 g/mol. The molecule has 28 heavy (non-hydrogen) atoms. The standard InChI is InChI=1S/C19H15ClN8/c1-10(2)14-5-11(7-21)6-15(16(14)20)25-19-26-17(24-12-3-4-12)18-23-9-13(8-22)28(18)27-19/h5-6,9,12H,1,3-4H2,2H3,(H2,24,25,26,27). The van der Waals surface area contributed by atoms with Gasteiger partial charge in [-0.15, -0.1) is 5.10 Å². The van der Waals surface area contributed by atoms with Crippen LogP contribution < -0.4 is 10.6 Å². The van der Waals surface area contributed by atoms with Crippen LogP contribution in [0.1, 0.15) is 36.6 Å². The predicted octanol–water partition coefficient (Wildman–Crippen LogP) is 3.87. The molecule has 0 bridgehead atoms. The Kier molecular flexibility index (Phi) is 4.34. The van der Waals surface area contributed by atoms with Gasteiger partial charge in [-0.3, -0.25) is 0 Å². The largest absolute Gasteiger partial charge is 0.364 e. The zero-order valence-corrected chi connectivity index (χ0v) is 15.7. The van der Waals surface area contributed by atoms with Crippen molar-refractivity contribution in [1.29, 1.82) is 10.5 Å². The number of fused-ring (bicyclic) bond motifs is 1. The van der Waals surface area contributed by atoms with E-state index in [1.165, 1.54) is 10.7 Å². The number of hydrogen-bond acceptors (Lipinski definition) is 7. The lowest BCUT2D eigenvalue weighted by Crippen LogP contribution is -2.11. The summed E-state index contributed by atoms with van der Waals surface area (Å²) in [5.41, 5.74) is 3.09. The highest BCUT2D eigenvalue weighted by Crippen LogP contribution is 2.33. The van der Waals surface area contributed by atoms with Crippen molar-refractivity contribution in [3.63, 3.8) is 0 Å². The summed E-state index contributed by atoms with van der Waals surface area (Å²) >= 11 is 6.50. The van der Waals surface area contributed by atoms with Gasteiger partial charge in [0, 0.05) is 6.04 Å². The average Bonchev–Trinajstić information content (AvgIpc) is 3.39. The molecule has 1 aliphatic rings. The molecule has 0 unspecified atom stereocenters. The van der Waals surface area contributed by atoms with Gasteiger partial charge in [0.05, 0.1) is 28.5 Å². The minimum atomic E-state index is 0.231. The Hall–Kier alpha value is -3.62. The van der Waals surface area contributed by atoms with Crippen LogP contribution in [0.3, 0.4) is 0 Å². The highest BCUT2D eigenvalue weighted by Gasteiger charge is 2.24. The molecule has 2 N–H and O–H groups in total. The Balaban J connectivity index is 1.82. The van der Waals surface area contributed by atoms with Gasteiger partial charge in [-0.2, -0.15) is 20.0 Å². The fraction of sp³-hybridized carbons (Fsp3) is 0.211. The van der Waals surface area contributed by atoms with Crippen LogP contribution >= 0.6 is 11.6 Å². The van der Waals surface area contributed by atoms with Crippen molar-refractivity contribution in [1.82, 2.24) is 19.6 Å². The molecule has 2 heterocycles. The van der Waals surface area contributed by atoms with E-state index >= 15 is 0 Å². The van der Waals surface area contributed by atoms with E-state index in [2.05, 4.69) is 44.4 Å². The predicted molar refractivity (Wildman–Crippen MR) is 106 cm³/mol. The fourth-order valence-electron chi connectivity index (χ4n) is 2.74. The van der Waals surface area contributed by atoms with Crippen molar-refractivity contribution in [2.75, 3.05) is 10.6 Å². The number of aromatic nitrogens is 4. The summed E-state index contributed by atoms with van der Waals surface area (Å²) in [6.07, 6.45) is 3.57. The normalized spacial score (nSPS) is 13.0. The summed E-state index contributed by atoms with van der Waals surface area (Å²) in [5, 5.41) is 29.8. The van der Waals surface area contributed by atoms with E-state index in [0.29, 0.717) is 45.0 Å². The van der Waals surface area contributed by atoms with Crippen LogP contribution in [-0.4, -0.2) is 25.6 Å². The van der Waals surface area contributed by atoms with Crippen LogP contribution in [0.5, 0.6) is 0 Å². The smallest absolute Gasteiger partial charge is 0.247 e. The number of allylic oxidation sites excluding steroid dienone is 1. The zero-order chi connectivity index (χ0) is 19.8. The molecular weight excluding hydrogens is 376 g/mol. The number of halogens is 1. The summed E-state index contributed by atoms with van der Waals surface area (Å²) in [6.45, 7) is 5.73. The lowest BCUT2D eigenvalue weighted by molar-refractivity contribution is 0.891. The number of rotatable bonds is 5. The molecule has 9 heteroatoms. The molecule has 1 fully saturated rings. The summed E-state index contributed by atoms with van der Waals surface area (Å²) in [7, 11) is 0. The van der Waals surface area contributed by atoms with Crippen LogP contribution in [0.2, 0.25) is 5.02 Å². The highest BCUT2D eigenvalue weighted by atomic mass is 35.5. The zero-order valence-electron chi connectivity index (χ0n) is 15.0. The van der Waals surface area contributed by atoms with Gasteiger partial charge in [0.1, 0.15) is 6.07 Å². The van der Waals surface area contributed by atoms with Crippen molar-refractivity contribution < 1.29 is 0 Å². The Morgan fingerprint density at radius 3 is 2.75 bits per heavy atom. The lowest BCUT2D eigenvalue weighted by atomic mass is 10.0. The first-order valence-electron chi connectivity index (χ1n) is 8.59. The monoisotopic (exact) mass is 390 g/mol. The van der Waals surface area contributed by atoms with E-state index in [0.717, 1.165) is 18.4 Å². The first-order chi connectivity index (χ1) is 13.5. The summed E-state index contributed by atoms with van der Waals surface area (Å²) in [6, 6.07) is 7.83. The van der Waals surface area contributed by atoms with Gasteiger partial charge in [-0.25, -0.2) is 4.98 Å². The highest BCUT2D eigenvalue weighted by molar-refractivity contribution is 6.35. The maximum atomic E-state index is 9.32. The number of benzene rings is 1. The quantitative estimate of drug-likeness (QED) is 0.679. The van der Waals surface area contributed by atoms with Crippen LogP contribution in [0.4, 0.5) is 17.5 Å². The van der Waals surface area contributed by atoms with E-state index in [1.807, 2.05) is 6.92 Å². The van der Waals surface area contributed by atoms with Crippen molar-refractivity contribution in [2.45, 2.75) is 25.8 Å². The molecular formula is C19H15ClN8. The second-order valence-electron chi connectivity index (χ2n) is 6.60. The molecule has 2 aromatic heterocycles. The molecule has 0 aliphatic heterocycles. The van der Waals surface area contributed by atoms with Crippen LogP contribution in [0.25, 0.3) is 11.2 Å². The molecule has 0 saturated heterocycles. The molecule has 0 spiro atoms. The Morgan fingerprint density at radius 1 is 1.32 bits per heavy atom. The van der Waals surface area contributed by atoms with Crippen molar-refractivity contribution >= 4 is 40.3 Å². The van der Waals surface area contributed by atoms with Crippen LogP contribution in [-0.2, 0) is 0 Å². The van der Waals surface area contributed by atoms with Gasteiger partial charge < -0.3 is 10.6 Å². The minimum Gasteiger partial charge on any atom is -0.364 e. The van der Waals surface area contributed by atoms with Crippen LogP contribution in [0.15, 0.2) is 24.9 Å². The molecule has 1 saturated carbocycles. The second-order valence-corrected chi connectivity index (χ2v) is 6.97. The first-order valence-corrected chi connectivity index (χ1v) is 8.97. The maximum Gasteiger partial charge on any atom is 0.247 e. The lowest BCUT2D eigenvalue weighted by Gasteiger charge is -2.13. The third-order valence-electron chi connectivity index (χ3n) is 4.30.